The molecule has 20 heavy (non-hydrogen) atoms. The molecule has 1 heterocycles. The standard InChI is InChI=1S/C13H18ClNO3S2/c1-8(2)6-15(10-4-5-10)12(16)11-7-19-13(9(11)3)20(14,17)18/h7-8,10H,4-6H2,1-3H3. The molecule has 0 unspecified atom stereocenters. The summed E-state index contributed by atoms with van der Waals surface area (Å²) in [5.74, 6) is 0.302. The van der Waals surface area contributed by atoms with E-state index in [0.29, 0.717) is 29.6 Å². The quantitative estimate of drug-likeness (QED) is 0.776. The van der Waals surface area contributed by atoms with Gasteiger partial charge in [-0.25, -0.2) is 8.42 Å². The van der Waals surface area contributed by atoms with Crippen molar-refractivity contribution in [2.75, 3.05) is 6.54 Å². The highest BCUT2D eigenvalue weighted by molar-refractivity contribution is 8.15. The van der Waals surface area contributed by atoms with E-state index >= 15 is 0 Å². The summed E-state index contributed by atoms with van der Waals surface area (Å²) in [6.07, 6.45) is 2.06. The minimum atomic E-state index is -3.78. The Balaban J connectivity index is 2.30. The van der Waals surface area contributed by atoms with Gasteiger partial charge < -0.3 is 4.90 Å². The van der Waals surface area contributed by atoms with Gasteiger partial charge in [-0.3, -0.25) is 4.79 Å². The molecule has 1 amide bonds. The zero-order valence-electron chi connectivity index (χ0n) is 11.7. The molecule has 0 aliphatic heterocycles. The van der Waals surface area contributed by atoms with E-state index in [4.69, 9.17) is 10.7 Å². The van der Waals surface area contributed by atoms with Crippen LogP contribution in [0.2, 0.25) is 0 Å². The SMILES string of the molecule is Cc1c(C(=O)N(CC(C)C)C2CC2)csc1S(=O)(=O)Cl. The molecule has 0 radical (unpaired) electrons. The number of hydrogen-bond acceptors (Lipinski definition) is 4. The highest BCUT2D eigenvalue weighted by atomic mass is 35.7. The lowest BCUT2D eigenvalue weighted by Gasteiger charge is -2.24. The zero-order chi connectivity index (χ0) is 15.1. The average molecular weight is 336 g/mol. The van der Waals surface area contributed by atoms with Crippen LogP contribution in [-0.2, 0) is 9.05 Å². The van der Waals surface area contributed by atoms with Crippen molar-refractivity contribution in [1.29, 1.82) is 0 Å². The topological polar surface area (TPSA) is 54.5 Å². The van der Waals surface area contributed by atoms with E-state index in [9.17, 15) is 13.2 Å². The normalized spacial score (nSPS) is 15.7. The molecule has 0 aromatic carbocycles. The van der Waals surface area contributed by atoms with Crippen LogP contribution in [0.4, 0.5) is 0 Å². The van der Waals surface area contributed by atoms with Crippen molar-refractivity contribution >= 4 is 37.0 Å². The van der Waals surface area contributed by atoms with Crippen molar-refractivity contribution in [2.24, 2.45) is 5.92 Å². The summed E-state index contributed by atoms with van der Waals surface area (Å²) in [4.78, 5) is 14.5. The van der Waals surface area contributed by atoms with Gasteiger partial charge in [0.2, 0.25) is 0 Å². The van der Waals surface area contributed by atoms with Gasteiger partial charge in [-0.1, -0.05) is 13.8 Å². The number of rotatable bonds is 5. The maximum Gasteiger partial charge on any atom is 0.271 e. The second kappa shape index (κ2) is 5.66. The monoisotopic (exact) mass is 335 g/mol. The van der Waals surface area contributed by atoms with Gasteiger partial charge in [0.1, 0.15) is 4.21 Å². The third-order valence-electron chi connectivity index (χ3n) is 3.26. The average Bonchev–Trinajstić information content (AvgIpc) is 3.06. The minimum absolute atomic E-state index is 0.0720. The first-order chi connectivity index (χ1) is 9.21. The van der Waals surface area contributed by atoms with Crippen LogP contribution >= 0.6 is 22.0 Å². The Bertz CT molecular complexity index is 618. The molecule has 4 nitrogen and oxygen atoms in total. The largest absolute Gasteiger partial charge is 0.335 e. The van der Waals surface area contributed by atoms with Gasteiger partial charge in [0.05, 0.1) is 5.56 Å². The second-order valence-electron chi connectivity index (χ2n) is 5.58. The van der Waals surface area contributed by atoms with Gasteiger partial charge in [-0.15, -0.1) is 11.3 Å². The van der Waals surface area contributed by atoms with Crippen LogP contribution in [0, 0.1) is 12.8 Å². The van der Waals surface area contributed by atoms with Crippen molar-refractivity contribution < 1.29 is 13.2 Å². The Hall–Kier alpha value is -0.590. The molecular formula is C13H18ClNO3S2. The minimum Gasteiger partial charge on any atom is -0.335 e. The van der Waals surface area contributed by atoms with E-state index < -0.39 is 9.05 Å². The molecule has 0 atom stereocenters. The highest BCUT2D eigenvalue weighted by Crippen LogP contribution is 2.33. The van der Waals surface area contributed by atoms with Gasteiger partial charge >= 0.3 is 0 Å². The molecule has 0 saturated heterocycles. The number of halogens is 1. The van der Waals surface area contributed by atoms with Crippen LogP contribution in [0.15, 0.2) is 9.59 Å². The van der Waals surface area contributed by atoms with Gasteiger partial charge in [0, 0.05) is 28.6 Å². The second-order valence-corrected chi connectivity index (χ2v) is 9.22. The van der Waals surface area contributed by atoms with Crippen LogP contribution in [0.25, 0.3) is 0 Å². The fourth-order valence-corrected chi connectivity index (χ4v) is 4.73. The summed E-state index contributed by atoms with van der Waals surface area (Å²) in [5, 5.41) is 1.60. The lowest BCUT2D eigenvalue weighted by molar-refractivity contribution is 0.0722. The predicted octanol–water partition coefficient (Wildman–Crippen LogP) is 3.24. The lowest BCUT2D eigenvalue weighted by atomic mass is 10.1. The van der Waals surface area contributed by atoms with Gasteiger partial charge in [0.15, 0.2) is 0 Å². The predicted molar refractivity (Wildman–Crippen MR) is 81.0 cm³/mol. The Kier molecular flexibility index (Phi) is 4.47. The Morgan fingerprint density at radius 3 is 2.50 bits per heavy atom. The molecule has 1 aliphatic rings. The van der Waals surface area contributed by atoms with Gasteiger partial charge in [0.25, 0.3) is 15.0 Å². The van der Waals surface area contributed by atoms with E-state index in [0.717, 1.165) is 24.2 Å². The van der Waals surface area contributed by atoms with Crippen LogP contribution in [0.1, 0.15) is 42.6 Å². The number of amides is 1. The first-order valence-electron chi connectivity index (χ1n) is 6.55. The molecule has 1 saturated carbocycles. The summed E-state index contributed by atoms with van der Waals surface area (Å²) in [7, 11) is 1.60. The lowest BCUT2D eigenvalue weighted by Crippen LogP contribution is -2.36. The number of carbonyl (C=O) groups is 1. The molecule has 0 N–H and O–H groups in total. The maximum atomic E-state index is 12.6. The Morgan fingerprint density at radius 1 is 1.50 bits per heavy atom. The molecule has 1 fully saturated rings. The molecule has 112 valence electrons. The fraction of sp³-hybridized carbons (Fsp3) is 0.615. The van der Waals surface area contributed by atoms with Crippen molar-refractivity contribution in [3.8, 4) is 0 Å². The van der Waals surface area contributed by atoms with Crippen LogP contribution in [-0.4, -0.2) is 31.8 Å². The summed E-state index contributed by atoms with van der Waals surface area (Å²) in [5.41, 5.74) is 0.922. The first kappa shape index (κ1) is 15.8. The van der Waals surface area contributed by atoms with Gasteiger partial charge in [-0.05, 0) is 31.2 Å². The van der Waals surface area contributed by atoms with E-state index in [1.54, 1.807) is 12.3 Å². The summed E-state index contributed by atoms with van der Waals surface area (Å²) in [6, 6.07) is 0.306. The van der Waals surface area contributed by atoms with Crippen LogP contribution in [0.3, 0.4) is 0 Å². The summed E-state index contributed by atoms with van der Waals surface area (Å²) in [6.45, 7) is 6.47. The van der Waals surface area contributed by atoms with E-state index in [1.807, 2.05) is 4.90 Å². The molecule has 0 spiro atoms. The van der Waals surface area contributed by atoms with Crippen molar-refractivity contribution in [3.63, 3.8) is 0 Å². The third-order valence-corrected chi connectivity index (χ3v) is 6.56. The number of hydrogen-bond donors (Lipinski definition) is 0. The molecule has 0 bridgehead atoms. The fourth-order valence-electron chi connectivity index (χ4n) is 2.18. The molecular weight excluding hydrogens is 318 g/mol. The van der Waals surface area contributed by atoms with Gasteiger partial charge in [-0.2, -0.15) is 0 Å². The van der Waals surface area contributed by atoms with E-state index in [1.165, 1.54) is 0 Å². The molecule has 1 aliphatic carbocycles. The van der Waals surface area contributed by atoms with Crippen molar-refractivity contribution in [2.45, 2.75) is 43.9 Å². The smallest absolute Gasteiger partial charge is 0.271 e. The van der Waals surface area contributed by atoms with Crippen LogP contribution in [0.5, 0.6) is 0 Å². The Labute approximate surface area is 128 Å². The molecule has 1 aromatic heterocycles. The first-order valence-corrected chi connectivity index (χ1v) is 9.74. The van der Waals surface area contributed by atoms with E-state index in [2.05, 4.69) is 13.8 Å². The van der Waals surface area contributed by atoms with Crippen molar-refractivity contribution in [3.05, 3.63) is 16.5 Å². The maximum absolute atomic E-state index is 12.6. The summed E-state index contributed by atoms with van der Waals surface area (Å²) < 4.78 is 22.9. The molecule has 7 heteroatoms. The molecule has 2 rings (SSSR count). The van der Waals surface area contributed by atoms with Crippen LogP contribution < -0.4 is 0 Å². The molecule has 1 aromatic rings. The Morgan fingerprint density at radius 2 is 2.10 bits per heavy atom. The van der Waals surface area contributed by atoms with Crippen molar-refractivity contribution in [1.82, 2.24) is 4.90 Å². The van der Waals surface area contributed by atoms with E-state index in [-0.39, 0.29) is 10.1 Å². The highest BCUT2D eigenvalue weighted by Gasteiger charge is 2.35. The number of thiophene rings is 1. The number of carbonyl (C=O) groups excluding carboxylic acids is 1. The zero-order valence-corrected chi connectivity index (χ0v) is 14.1. The summed E-state index contributed by atoms with van der Waals surface area (Å²) >= 11 is 1.01. The third kappa shape index (κ3) is 3.35. The number of nitrogens with zero attached hydrogens (tertiary/aromatic N) is 1.